The van der Waals surface area contributed by atoms with Crippen molar-refractivity contribution in [3.63, 3.8) is 0 Å². The van der Waals surface area contributed by atoms with Crippen molar-refractivity contribution in [3.8, 4) is 0 Å². The molecule has 0 aliphatic carbocycles. The quantitative estimate of drug-likeness (QED) is 0.0837. The third kappa shape index (κ3) is 23.3. The molecule has 0 radical (unpaired) electrons. The first-order valence-corrected chi connectivity index (χ1v) is 26.9. The lowest BCUT2D eigenvalue weighted by Gasteiger charge is -2.35. The van der Waals surface area contributed by atoms with Crippen LogP contribution in [-0.2, 0) is 44.6 Å². The van der Waals surface area contributed by atoms with Gasteiger partial charge in [0.2, 0.25) is 0 Å². The highest BCUT2D eigenvalue weighted by Gasteiger charge is 2.37. The Morgan fingerprint density at radius 1 is 0.615 bits per heavy atom. The van der Waals surface area contributed by atoms with Gasteiger partial charge in [0.25, 0.3) is 0 Å². The van der Waals surface area contributed by atoms with E-state index in [0.717, 1.165) is 24.6 Å². The standard InChI is InChI=1S/C16H36O5Si3.C4H12O3Si.C4H12O2Si/c1-15(2)16(17)20-11-10-12-22(5,6)21-23(7,8)13-14-24(9,18-3)19-4;1-5-8(4,6-2)7-3;1-5-7(3,4)6-2/h1,10-14H2,2-9H3;1-4H3;1-4H3. The smallest absolute Gasteiger partial charge is 0.462 e. The number of carbonyl (C=O) groups is 1. The van der Waals surface area contributed by atoms with Crippen LogP contribution >= 0.6 is 0 Å². The van der Waals surface area contributed by atoms with Gasteiger partial charge in [-0.15, -0.1) is 0 Å². The molecule has 0 amide bonds. The second-order valence-corrected chi connectivity index (χ2v) is 30.0. The third-order valence-corrected chi connectivity index (χ3v) is 21.2. The Morgan fingerprint density at radius 2 is 1.03 bits per heavy atom. The van der Waals surface area contributed by atoms with Gasteiger partial charge >= 0.3 is 31.9 Å². The summed E-state index contributed by atoms with van der Waals surface area (Å²) in [6.07, 6.45) is 0.839. The maximum Gasteiger partial charge on any atom is 0.496 e. The second kappa shape index (κ2) is 20.8. The molecule has 0 aromatic rings. The van der Waals surface area contributed by atoms with Gasteiger partial charge < -0.3 is 39.8 Å². The fourth-order valence-corrected chi connectivity index (χ4v) is 16.0. The molecule has 10 nitrogen and oxygen atoms in total. The van der Waals surface area contributed by atoms with E-state index in [4.69, 9.17) is 39.8 Å². The third-order valence-electron chi connectivity index (χ3n) is 6.20. The van der Waals surface area contributed by atoms with Crippen LogP contribution in [0, 0.1) is 0 Å². The summed E-state index contributed by atoms with van der Waals surface area (Å²) in [5.74, 6) is -0.312. The van der Waals surface area contributed by atoms with Crippen LogP contribution in [0.4, 0.5) is 0 Å². The first-order chi connectivity index (χ1) is 17.7. The van der Waals surface area contributed by atoms with Crippen molar-refractivity contribution in [3.05, 3.63) is 12.2 Å². The van der Waals surface area contributed by atoms with E-state index in [-0.39, 0.29) is 5.97 Å². The van der Waals surface area contributed by atoms with Crippen molar-refractivity contribution >= 4 is 48.5 Å². The highest BCUT2D eigenvalue weighted by Crippen LogP contribution is 2.27. The Morgan fingerprint density at radius 3 is 1.31 bits per heavy atom. The normalized spacial score (nSPS) is 12.6. The van der Waals surface area contributed by atoms with Crippen LogP contribution in [0.5, 0.6) is 0 Å². The van der Waals surface area contributed by atoms with Crippen molar-refractivity contribution in [1.82, 2.24) is 0 Å². The van der Waals surface area contributed by atoms with E-state index < -0.39 is 42.6 Å². The summed E-state index contributed by atoms with van der Waals surface area (Å²) in [4.78, 5) is 11.4. The van der Waals surface area contributed by atoms with E-state index in [9.17, 15) is 4.79 Å². The first kappa shape index (κ1) is 43.4. The average molecular weight is 649 g/mol. The molecule has 0 aliphatic rings. The fourth-order valence-electron chi connectivity index (χ4n) is 2.78. The predicted molar refractivity (Wildman–Crippen MR) is 171 cm³/mol. The van der Waals surface area contributed by atoms with Crippen LogP contribution in [0.25, 0.3) is 0 Å². The van der Waals surface area contributed by atoms with Crippen LogP contribution in [-0.4, -0.2) is 105 Å². The predicted octanol–water partition coefficient (Wildman–Crippen LogP) is 5.76. The molecule has 0 atom stereocenters. The molecule has 0 bridgehead atoms. The van der Waals surface area contributed by atoms with E-state index >= 15 is 0 Å². The maximum atomic E-state index is 11.4. The molecule has 0 saturated heterocycles. The summed E-state index contributed by atoms with van der Waals surface area (Å²) < 4.78 is 47.7. The summed E-state index contributed by atoms with van der Waals surface area (Å²) >= 11 is 0. The van der Waals surface area contributed by atoms with E-state index in [1.807, 2.05) is 19.6 Å². The van der Waals surface area contributed by atoms with Gasteiger partial charge in [-0.05, 0) is 77.3 Å². The highest BCUT2D eigenvalue weighted by atomic mass is 28.4. The molecule has 0 unspecified atom stereocenters. The van der Waals surface area contributed by atoms with Gasteiger partial charge in [-0.1, -0.05) is 6.58 Å². The van der Waals surface area contributed by atoms with E-state index in [2.05, 4.69) is 39.3 Å². The van der Waals surface area contributed by atoms with Crippen LogP contribution in [0.2, 0.25) is 70.5 Å². The first-order valence-electron chi connectivity index (χ1n) is 13.1. The molecular weight excluding hydrogens is 589 g/mol. The van der Waals surface area contributed by atoms with Gasteiger partial charge in [-0.3, -0.25) is 0 Å². The van der Waals surface area contributed by atoms with E-state index in [1.54, 1.807) is 56.7 Å². The van der Waals surface area contributed by atoms with Gasteiger partial charge in [0.15, 0.2) is 16.6 Å². The molecule has 0 heterocycles. The minimum Gasteiger partial charge on any atom is -0.462 e. The molecule has 39 heavy (non-hydrogen) atoms. The summed E-state index contributed by atoms with van der Waals surface area (Å²) in [6.45, 7) is 22.6. The van der Waals surface area contributed by atoms with E-state index in [0.29, 0.717) is 12.2 Å². The minimum absolute atomic E-state index is 0.312. The molecule has 0 N–H and O–H groups in total. The monoisotopic (exact) mass is 648 g/mol. The molecule has 236 valence electrons. The second-order valence-electron chi connectivity index (χ2n) is 11.0. The molecule has 15 heteroatoms. The fraction of sp³-hybridized carbons (Fsp3) is 0.875. The van der Waals surface area contributed by atoms with Crippen LogP contribution < -0.4 is 0 Å². The Bertz CT molecular complexity index is 655. The van der Waals surface area contributed by atoms with Crippen molar-refractivity contribution in [2.45, 2.75) is 83.9 Å². The Hall–Kier alpha value is -0.0256. The van der Waals surface area contributed by atoms with Gasteiger partial charge in [-0.25, -0.2) is 4.79 Å². The average Bonchev–Trinajstić information content (AvgIpc) is 2.89. The molecule has 0 aromatic heterocycles. The summed E-state index contributed by atoms with van der Waals surface area (Å²) in [5.41, 5.74) is 0.444. The maximum absolute atomic E-state index is 11.4. The van der Waals surface area contributed by atoms with Crippen LogP contribution in [0.3, 0.4) is 0 Å². The zero-order valence-corrected chi connectivity index (χ0v) is 32.8. The molecule has 0 aromatic carbocycles. The van der Waals surface area contributed by atoms with Crippen molar-refractivity contribution in [1.29, 1.82) is 0 Å². The number of esters is 1. The Kier molecular flexibility index (Phi) is 23.1. The lowest BCUT2D eigenvalue weighted by molar-refractivity contribution is -0.138. The zero-order chi connectivity index (χ0) is 31.6. The Labute approximate surface area is 245 Å². The zero-order valence-electron chi connectivity index (χ0n) is 27.8. The molecular formula is C24H60O10Si5. The van der Waals surface area contributed by atoms with Crippen LogP contribution in [0.15, 0.2) is 12.2 Å². The lowest BCUT2D eigenvalue weighted by Crippen LogP contribution is -2.46. The largest absolute Gasteiger partial charge is 0.496 e. The topological polar surface area (TPSA) is 100 Å². The molecule has 0 spiro atoms. The van der Waals surface area contributed by atoms with Crippen molar-refractivity contribution in [2.75, 3.05) is 56.4 Å². The summed E-state index contributed by atoms with van der Waals surface area (Å²) in [7, 11) is 2.17. The molecule has 0 fully saturated rings. The SMILES string of the molecule is C=C(C)C(=O)OCCC[Si](C)(C)O[Si](C)(C)CC[Si](C)(OC)OC.CO[Si](C)(C)OC.CO[Si](C)(OC)OC. The minimum atomic E-state index is -2.17. The lowest BCUT2D eigenvalue weighted by atomic mass is 10.4. The van der Waals surface area contributed by atoms with Gasteiger partial charge in [0, 0.05) is 61.9 Å². The van der Waals surface area contributed by atoms with Crippen molar-refractivity contribution < 1.29 is 44.6 Å². The highest BCUT2D eigenvalue weighted by molar-refractivity contribution is 6.85. The van der Waals surface area contributed by atoms with Gasteiger partial charge in [-0.2, -0.15) is 0 Å². The molecule has 0 aliphatic heterocycles. The van der Waals surface area contributed by atoms with E-state index in [1.165, 1.54) is 0 Å². The number of rotatable bonds is 17. The van der Waals surface area contributed by atoms with Gasteiger partial charge in [0.1, 0.15) is 0 Å². The Balaban J connectivity index is -0.000000701. The summed E-state index contributed by atoms with van der Waals surface area (Å²) in [6, 6.07) is 2.98. The van der Waals surface area contributed by atoms with Gasteiger partial charge in [0.05, 0.1) is 6.61 Å². The molecule has 0 rings (SSSR count). The molecule has 0 saturated carbocycles. The van der Waals surface area contributed by atoms with Crippen LogP contribution in [0.1, 0.15) is 13.3 Å². The number of carbonyl (C=O) groups excluding carboxylic acids is 1. The van der Waals surface area contributed by atoms with Crippen molar-refractivity contribution in [2.24, 2.45) is 0 Å². The summed E-state index contributed by atoms with van der Waals surface area (Å²) in [5, 5.41) is 0. The number of hydrogen-bond donors (Lipinski definition) is 0. The number of hydrogen-bond acceptors (Lipinski definition) is 10. The number of ether oxygens (including phenoxy) is 1.